The zero-order valence-corrected chi connectivity index (χ0v) is 22.0. The lowest BCUT2D eigenvalue weighted by atomic mass is 10.5. The highest BCUT2D eigenvalue weighted by Crippen LogP contribution is 2.48. The lowest BCUT2D eigenvalue weighted by Gasteiger charge is -2.51. The van der Waals surface area contributed by atoms with E-state index in [1.807, 2.05) is 0 Å². The van der Waals surface area contributed by atoms with E-state index in [0.717, 1.165) is 0 Å². The molecule has 0 amide bonds. The number of H-pyrrole nitrogens is 1. The van der Waals surface area contributed by atoms with Crippen molar-refractivity contribution in [2.45, 2.75) is 102 Å². The molecular weight excluding hydrogens is 439 g/mol. The van der Waals surface area contributed by atoms with Crippen molar-refractivity contribution < 1.29 is 17.7 Å². The predicted octanol–water partition coefficient (Wildman–Crippen LogP) is 3.78. The number of rotatable bonds is 5. The maximum Gasteiger partial charge on any atom is 0.335 e. The van der Waals surface area contributed by atoms with Gasteiger partial charge in [-0.25, -0.2) is 4.79 Å². The molecule has 1 N–H and O–H groups in total. The maximum absolute atomic E-state index is 12.3. The summed E-state index contributed by atoms with van der Waals surface area (Å²) < 4.78 is 28.5. The van der Waals surface area contributed by atoms with E-state index in [0.29, 0.717) is 13.0 Å². The van der Waals surface area contributed by atoms with Gasteiger partial charge in [0.15, 0.2) is 0 Å². The minimum absolute atomic E-state index is 0.230. The van der Waals surface area contributed by atoms with Gasteiger partial charge in [0.25, 0.3) is 5.56 Å². The van der Waals surface area contributed by atoms with Crippen LogP contribution in [0.3, 0.4) is 0 Å². The lowest BCUT2D eigenvalue weighted by Crippen LogP contribution is -2.65. The van der Waals surface area contributed by atoms with Crippen LogP contribution < -0.4 is 11.2 Å². The zero-order valence-electron chi connectivity index (χ0n) is 20.0. The van der Waals surface area contributed by atoms with Crippen molar-refractivity contribution in [1.29, 1.82) is 0 Å². The molecule has 0 radical (unpaired) electrons. The average molecular weight is 478 g/mol. The molecule has 1 aromatic rings. The molecule has 0 saturated carbocycles. The molecule has 3 atom stereocenters. The minimum Gasteiger partial charge on any atom is -0.414 e. The van der Waals surface area contributed by atoms with Gasteiger partial charge in [-0.2, -0.15) is 0 Å². The van der Waals surface area contributed by atoms with E-state index in [1.165, 1.54) is 16.8 Å². The molecular formula is C21H38N2O6Si2. The third-order valence-corrected chi connectivity index (χ3v) is 17.0. The van der Waals surface area contributed by atoms with Crippen molar-refractivity contribution in [3.8, 4) is 0 Å². The SMILES string of the molecule is CC(C)[Si]1(C(C)C)O[13CH2][13C@H]2O[13C@@H]([15n]3ccc(=O)[15nH]c3=O)[13CH2][13C@@H]2O[Si](C(C)C)(C(C)C)O1. The molecule has 2 fully saturated rings. The topological polar surface area (TPSA) is 91.8 Å². The highest BCUT2D eigenvalue weighted by Gasteiger charge is 2.60. The van der Waals surface area contributed by atoms with Crippen LogP contribution in [0.1, 0.15) is 68.0 Å². The van der Waals surface area contributed by atoms with Gasteiger partial charge in [0, 0.05) is 18.7 Å². The molecule has 0 aliphatic carbocycles. The Kier molecular flexibility index (Phi) is 7.19. The Hall–Kier alpha value is -1.05. The number of nitrogens with zero attached hydrogens (tertiary/aromatic N) is 1. The van der Waals surface area contributed by atoms with Crippen LogP contribution in [0.25, 0.3) is 0 Å². The maximum atomic E-state index is 12.3. The third-order valence-electron chi connectivity index (χ3n) is 6.69. The summed E-state index contributed by atoms with van der Waals surface area (Å²) in [4.78, 5) is 26.1. The first-order chi connectivity index (χ1) is 14.4. The lowest BCUT2D eigenvalue weighted by molar-refractivity contribution is -0.0566. The Morgan fingerprint density at radius 3 is 2.03 bits per heavy atom. The minimum atomic E-state index is -2.71. The predicted molar refractivity (Wildman–Crippen MR) is 124 cm³/mol. The summed E-state index contributed by atoms with van der Waals surface area (Å²) in [5.41, 5.74) is 0.0810. The van der Waals surface area contributed by atoms with Crippen LogP contribution in [0.4, 0.5) is 0 Å². The molecule has 3 rings (SSSR count). The number of aromatic nitrogens is 2. The summed E-state index contributed by atoms with van der Waals surface area (Å²) in [5.74, 6) is 0. The van der Waals surface area contributed by atoms with E-state index in [2.05, 4.69) is 60.4 Å². The number of ether oxygens (including phenoxy) is 1. The van der Waals surface area contributed by atoms with Gasteiger partial charge in [-0.3, -0.25) is 14.3 Å². The van der Waals surface area contributed by atoms with E-state index < -0.39 is 34.6 Å². The summed E-state index contributed by atoms with van der Waals surface area (Å²) in [6, 6.07) is 1.34. The normalized spacial score (nSPS) is 28.2. The summed E-state index contributed by atoms with van der Waals surface area (Å²) in [6.07, 6.45) is 0.962. The first kappa shape index (κ1) is 24.6. The van der Waals surface area contributed by atoms with Crippen molar-refractivity contribution in [1.82, 2.24) is 9.55 Å². The van der Waals surface area contributed by atoms with Crippen LogP contribution in [-0.4, -0.2) is 45.5 Å². The smallest absolute Gasteiger partial charge is 0.335 e. The Morgan fingerprint density at radius 1 is 0.935 bits per heavy atom. The number of aromatic amines is 1. The Morgan fingerprint density at radius 2 is 1.52 bits per heavy atom. The number of hydrogen-bond acceptors (Lipinski definition) is 6. The Labute approximate surface area is 186 Å². The van der Waals surface area contributed by atoms with Crippen LogP contribution in [0, 0.1) is 0 Å². The van der Waals surface area contributed by atoms with Crippen molar-refractivity contribution in [3.05, 3.63) is 33.1 Å². The summed E-state index contributed by atoms with van der Waals surface area (Å²) in [7, 11) is -5.33. The van der Waals surface area contributed by atoms with Crippen LogP contribution in [0.15, 0.2) is 21.9 Å². The van der Waals surface area contributed by atoms with Crippen molar-refractivity contribution in [3.63, 3.8) is 0 Å². The molecule has 0 unspecified atom stereocenters. The van der Waals surface area contributed by atoms with Gasteiger partial charge >= 0.3 is 22.8 Å². The van der Waals surface area contributed by atoms with Crippen LogP contribution in [0.5, 0.6) is 0 Å². The van der Waals surface area contributed by atoms with E-state index >= 15 is 0 Å². The second-order valence-electron chi connectivity index (χ2n) is 10.0. The van der Waals surface area contributed by atoms with E-state index in [-0.39, 0.29) is 34.4 Å². The van der Waals surface area contributed by atoms with Gasteiger partial charge in [0.1, 0.15) is 12.3 Å². The molecule has 3 heterocycles. The quantitative estimate of drug-likeness (QED) is 0.513. The molecule has 8 nitrogen and oxygen atoms in total. The molecule has 0 bridgehead atoms. The van der Waals surface area contributed by atoms with E-state index in [9.17, 15) is 9.59 Å². The number of nitrogens with one attached hydrogen (secondary N) is 1. The molecule has 31 heavy (non-hydrogen) atoms. The summed E-state index contributed by atoms with van der Waals surface area (Å²) >= 11 is 0. The Balaban J connectivity index is 2.02. The molecule has 2 aliphatic heterocycles. The van der Waals surface area contributed by atoms with Crippen molar-refractivity contribution in [2.24, 2.45) is 0 Å². The van der Waals surface area contributed by atoms with Gasteiger partial charge in [-0.1, -0.05) is 55.4 Å². The molecule has 2 aliphatic rings. The highest BCUT2D eigenvalue weighted by molar-refractivity contribution is 6.83. The van der Waals surface area contributed by atoms with Gasteiger partial charge in [0.05, 0.1) is 12.7 Å². The number of hydrogen-bond donors (Lipinski definition) is 1. The van der Waals surface area contributed by atoms with Crippen LogP contribution >= 0.6 is 0 Å². The summed E-state index contributed by atoms with van der Waals surface area (Å²) in [5, 5.41) is 0. The largest absolute Gasteiger partial charge is 0.414 e. The van der Waals surface area contributed by atoms with Crippen molar-refractivity contribution >= 4 is 17.1 Å². The second-order valence-corrected chi connectivity index (χ2v) is 18.9. The highest BCUT2D eigenvalue weighted by atomic mass is 28.5. The average Bonchev–Trinajstić information content (AvgIpc) is 3.02. The summed E-state index contributed by atoms with van der Waals surface area (Å²) in [6.45, 7) is 17.8. The zero-order chi connectivity index (χ0) is 23.1. The first-order valence-corrected chi connectivity index (χ1v) is 15.4. The molecule has 2 saturated heterocycles. The van der Waals surface area contributed by atoms with Gasteiger partial charge in [-0.15, -0.1) is 0 Å². The molecule has 0 spiro atoms. The van der Waals surface area contributed by atoms with Crippen molar-refractivity contribution in [2.75, 3.05) is 6.61 Å². The fraction of sp³-hybridized carbons (Fsp3) is 0.810. The standard InChI is InChI=1S/C21H38N2O6Si2/c1-13(2)30(14(3)4)26-12-18-17(28-31(29-30,15(5)6)16(7)8)11-20(27-18)23-10-9-19(24)22-21(23)25/h9-10,13-18,20H,11-12H2,1-8H3,(H,22,24,25)/t17-,18+,20+/m0/s1/i11+1,12+1,17+1,18+1,20+1,22+1,23+1. The first-order valence-electron chi connectivity index (χ1n) is 11.4. The molecule has 0 aromatic carbocycles. The van der Waals surface area contributed by atoms with Gasteiger partial charge < -0.3 is 17.7 Å². The molecule has 10 heteroatoms. The van der Waals surface area contributed by atoms with Gasteiger partial charge in [0.2, 0.25) is 0 Å². The second kappa shape index (κ2) is 9.07. The van der Waals surface area contributed by atoms with E-state index in [1.54, 1.807) is 0 Å². The van der Waals surface area contributed by atoms with Crippen LogP contribution in [0.2, 0.25) is 22.2 Å². The molecule has 1 aromatic heterocycles. The monoisotopic (exact) mass is 477 g/mol. The van der Waals surface area contributed by atoms with Gasteiger partial charge in [-0.05, 0) is 22.2 Å². The number of fused-ring (bicyclic) bond motifs is 1. The fourth-order valence-corrected chi connectivity index (χ4v) is 16.2. The third kappa shape index (κ3) is 4.42. The van der Waals surface area contributed by atoms with Crippen LogP contribution in [-0.2, 0) is 17.7 Å². The Bertz CT molecular complexity index is 865. The fourth-order valence-electron chi connectivity index (χ4n) is 4.96. The molecule has 176 valence electrons. The van der Waals surface area contributed by atoms with E-state index in [4.69, 9.17) is 17.7 Å².